The van der Waals surface area contributed by atoms with Crippen LogP contribution in [0.5, 0.6) is 5.75 Å². The molecule has 0 saturated carbocycles. The van der Waals surface area contributed by atoms with Crippen molar-refractivity contribution in [3.8, 4) is 5.75 Å². The van der Waals surface area contributed by atoms with Gasteiger partial charge in [0.05, 0.1) is 19.1 Å². The number of carbonyl (C=O) groups excluding carboxylic acids is 1. The van der Waals surface area contributed by atoms with E-state index in [2.05, 4.69) is 27.3 Å². The summed E-state index contributed by atoms with van der Waals surface area (Å²) in [6.45, 7) is 3.56. The Morgan fingerprint density at radius 1 is 1.33 bits per heavy atom. The number of hydrogen-bond acceptors (Lipinski definition) is 5. The van der Waals surface area contributed by atoms with E-state index in [4.69, 9.17) is 16.3 Å². The van der Waals surface area contributed by atoms with Gasteiger partial charge in [0, 0.05) is 18.7 Å². The first-order chi connectivity index (χ1) is 13.1. The van der Waals surface area contributed by atoms with Crippen LogP contribution in [0, 0.1) is 5.92 Å². The van der Waals surface area contributed by atoms with Crippen LogP contribution in [0.25, 0.3) is 0 Å². The highest BCUT2D eigenvalue weighted by atomic mass is 35.5. The molecule has 2 heterocycles. The second-order valence-electron chi connectivity index (χ2n) is 6.71. The number of ether oxygens (including phenoxy) is 1. The Bertz CT molecular complexity index is 769. The third kappa shape index (κ3) is 4.69. The fraction of sp³-hybridized carbons (Fsp3) is 0.450. The number of piperidine rings is 1. The molecule has 3 rings (SSSR count). The molecule has 1 aliphatic rings. The minimum atomic E-state index is -0.0833. The van der Waals surface area contributed by atoms with Crippen LogP contribution in [0.3, 0.4) is 0 Å². The summed E-state index contributed by atoms with van der Waals surface area (Å²) < 4.78 is 5.45. The van der Waals surface area contributed by atoms with Crippen LogP contribution < -0.4 is 15.0 Å². The minimum absolute atomic E-state index is 0.0689. The number of methoxy groups -OCH3 is 1. The van der Waals surface area contributed by atoms with Crippen molar-refractivity contribution in [1.29, 1.82) is 0 Å². The number of halogens is 1. The number of amides is 1. The molecule has 0 spiro atoms. The number of anilines is 1. The average molecular weight is 389 g/mol. The molecule has 0 radical (unpaired) electrons. The topological polar surface area (TPSA) is 67.4 Å². The van der Waals surface area contributed by atoms with Crippen molar-refractivity contribution in [2.24, 2.45) is 5.92 Å². The Labute approximate surface area is 164 Å². The van der Waals surface area contributed by atoms with Gasteiger partial charge in [-0.3, -0.25) is 4.79 Å². The van der Waals surface area contributed by atoms with E-state index >= 15 is 0 Å². The van der Waals surface area contributed by atoms with E-state index < -0.39 is 0 Å². The van der Waals surface area contributed by atoms with Gasteiger partial charge in [-0.15, -0.1) is 10.2 Å². The first-order valence-electron chi connectivity index (χ1n) is 9.29. The van der Waals surface area contributed by atoms with Crippen molar-refractivity contribution in [2.75, 3.05) is 25.1 Å². The lowest BCUT2D eigenvalue weighted by Crippen LogP contribution is -2.44. The highest BCUT2D eigenvalue weighted by Crippen LogP contribution is 2.28. The second-order valence-corrected chi connectivity index (χ2v) is 7.10. The van der Waals surface area contributed by atoms with Gasteiger partial charge >= 0.3 is 0 Å². The van der Waals surface area contributed by atoms with Crippen molar-refractivity contribution in [1.82, 2.24) is 15.5 Å². The number of carbonyl (C=O) groups is 1. The Kier molecular flexibility index (Phi) is 6.50. The molecule has 1 N–H and O–H groups in total. The first kappa shape index (κ1) is 19.4. The summed E-state index contributed by atoms with van der Waals surface area (Å²) in [6, 6.07) is 11.3. The first-order valence-corrected chi connectivity index (χ1v) is 9.67. The summed E-state index contributed by atoms with van der Waals surface area (Å²) in [4.78, 5) is 15.0. The molecule has 2 aromatic rings. The number of nitrogens with one attached hydrogen (secondary N) is 1. The van der Waals surface area contributed by atoms with Gasteiger partial charge in [-0.1, -0.05) is 36.7 Å². The standard InChI is InChI=1S/C20H25ClN4O2/c1-3-16(15-8-4-5-9-17(15)27-2)22-20(26)14-7-6-12-25(13-14)19-11-10-18(21)23-24-19/h4-5,8-11,14,16H,3,6-7,12-13H2,1-2H3,(H,22,26)/t14-,16+/m0/s1. The molecule has 0 unspecified atom stereocenters. The molecule has 1 aromatic heterocycles. The number of aromatic nitrogens is 2. The van der Waals surface area contributed by atoms with Crippen molar-refractivity contribution in [3.05, 3.63) is 47.1 Å². The van der Waals surface area contributed by atoms with E-state index in [0.717, 1.165) is 42.9 Å². The molecule has 7 heteroatoms. The third-order valence-electron chi connectivity index (χ3n) is 4.97. The Morgan fingerprint density at radius 2 is 2.15 bits per heavy atom. The van der Waals surface area contributed by atoms with Crippen molar-refractivity contribution in [2.45, 2.75) is 32.2 Å². The molecule has 1 amide bonds. The molecule has 27 heavy (non-hydrogen) atoms. The highest BCUT2D eigenvalue weighted by Gasteiger charge is 2.28. The summed E-state index contributed by atoms with van der Waals surface area (Å²) in [5.41, 5.74) is 1.01. The molecule has 1 aliphatic heterocycles. The number of hydrogen-bond donors (Lipinski definition) is 1. The number of rotatable bonds is 6. The van der Waals surface area contributed by atoms with Gasteiger partial charge in [-0.25, -0.2) is 0 Å². The minimum Gasteiger partial charge on any atom is -0.496 e. The Morgan fingerprint density at radius 3 is 2.85 bits per heavy atom. The Balaban J connectivity index is 1.68. The Hall–Kier alpha value is -2.34. The van der Waals surface area contributed by atoms with E-state index in [-0.39, 0.29) is 17.9 Å². The van der Waals surface area contributed by atoms with Crippen LogP contribution in [0.4, 0.5) is 5.82 Å². The molecular formula is C20H25ClN4O2. The van der Waals surface area contributed by atoms with Crippen LogP contribution in [-0.4, -0.2) is 36.3 Å². The molecule has 144 valence electrons. The summed E-state index contributed by atoms with van der Waals surface area (Å²) in [5.74, 6) is 1.54. The van der Waals surface area contributed by atoms with Gasteiger partial charge in [0.2, 0.25) is 5.91 Å². The van der Waals surface area contributed by atoms with Crippen molar-refractivity contribution < 1.29 is 9.53 Å². The summed E-state index contributed by atoms with van der Waals surface area (Å²) in [5, 5.41) is 11.6. The lowest BCUT2D eigenvalue weighted by molar-refractivity contribution is -0.126. The van der Waals surface area contributed by atoms with Gasteiger partial charge in [0.15, 0.2) is 11.0 Å². The summed E-state index contributed by atoms with van der Waals surface area (Å²) >= 11 is 5.82. The zero-order valence-electron chi connectivity index (χ0n) is 15.7. The predicted octanol–water partition coefficient (Wildman–Crippen LogP) is 3.62. The van der Waals surface area contributed by atoms with E-state index in [1.807, 2.05) is 30.3 Å². The highest BCUT2D eigenvalue weighted by molar-refractivity contribution is 6.29. The van der Waals surface area contributed by atoms with Crippen LogP contribution in [0.2, 0.25) is 5.15 Å². The third-order valence-corrected chi connectivity index (χ3v) is 5.17. The molecule has 6 nitrogen and oxygen atoms in total. The van der Waals surface area contributed by atoms with Gasteiger partial charge in [0.1, 0.15) is 5.75 Å². The van der Waals surface area contributed by atoms with Gasteiger partial charge in [-0.05, 0) is 37.5 Å². The quantitative estimate of drug-likeness (QED) is 0.818. The van der Waals surface area contributed by atoms with Crippen LogP contribution in [0.15, 0.2) is 36.4 Å². The van der Waals surface area contributed by atoms with Gasteiger partial charge in [0.25, 0.3) is 0 Å². The fourth-order valence-electron chi connectivity index (χ4n) is 3.52. The average Bonchev–Trinajstić information content (AvgIpc) is 2.72. The van der Waals surface area contributed by atoms with E-state index in [1.54, 1.807) is 13.2 Å². The monoisotopic (exact) mass is 388 g/mol. The maximum Gasteiger partial charge on any atom is 0.225 e. The molecule has 0 bridgehead atoms. The maximum absolute atomic E-state index is 12.9. The number of para-hydroxylation sites is 1. The lowest BCUT2D eigenvalue weighted by Gasteiger charge is -2.33. The molecule has 1 saturated heterocycles. The number of nitrogens with zero attached hydrogens (tertiary/aromatic N) is 3. The molecule has 0 aliphatic carbocycles. The second kappa shape index (κ2) is 9.04. The van der Waals surface area contributed by atoms with E-state index in [9.17, 15) is 4.79 Å². The van der Waals surface area contributed by atoms with E-state index in [0.29, 0.717) is 11.7 Å². The van der Waals surface area contributed by atoms with E-state index in [1.165, 1.54) is 0 Å². The van der Waals surface area contributed by atoms with Gasteiger partial charge in [-0.2, -0.15) is 0 Å². The summed E-state index contributed by atoms with van der Waals surface area (Å²) in [6.07, 6.45) is 2.60. The zero-order valence-corrected chi connectivity index (χ0v) is 16.4. The lowest BCUT2D eigenvalue weighted by atomic mass is 9.95. The maximum atomic E-state index is 12.9. The van der Waals surface area contributed by atoms with Crippen LogP contribution >= 0.6 is 11.6 Å². The van der Waals surface area contributed by atoms with Crippen molar-refractivity contribution >= 4 is 23.3 Å². The molecular weight excluding hydrogens is 364 g/mol. The largest absolute Gasteiger partial charge is 0.496 e. The molecule has 2 atom stereocenters. The van der Waals surface area contributed by atoms with Crippen molar-refractivity contribution in [3.63, 3.8) is 0 Å². The zero-order chi connectivity index (χ0) is 19.2. The molecule has 1 aromatic carbocycles. The smallest absolute Gasteiger partial charge is 0.225 e. The van der Waals surface area contributed by atoms with Gasteiger partial charge < -0.3 is 15.0 Å². The molecule has 1 fully saturated rings. The number of benzene rings is 1. The normalized spacial score (nSPS) is 18.0. The predicted molar refractivity (Wildman–Crippen MR) is 106 cm³/mol. The van der Waals surface area contributed by atoms with Crippen LogP contribution in [-0.2, 0) is 4.79 Å². The summed E-state index contributed by atoms with van der Waals surface area (Å²) in [7, 11) is 1.65. The van der Waals surface area contributed by atoms with Crippen LogP contribution in [0.1, 0.15) is 37.8 Å². The SMILES string of the molecule is CC[C@@H](NC(=O)[C@H]1CCCN(c2ccc(Cl)nn2)C1)c1ccccc1OC. The fourth-order valence-corrected chi connectivity index (χ4v) is 3.62.